The molecule has 2 aromatic heterocycles. The third kappa shape index (κ3) is 1.80. The highest BCUT2D eigenvalue weighted by molar-refractivity contribution is 7.08. The Hall–Kier alpha value is -1.42. The van der Waals surface area contributed by atoms with Gasteiger partial charge in [0.25, 0.3) is 0 Å². The molecule has 0 N–H and O–H groups in total. The monoisotopic (exact) mass is 231 g/mol. The molecule has 82 valence electrons. The molecule has 0 amide bonds. The zero-order chi connectivity index (χ0) is 10.8. The Kier molecular flexibility index (Phi) is 2.58. The molecule has 4 heteroatoms. The average Bonchev–Trinajstić information content (AvgIpc) is 3.03. The summed E-state index contributed by atoms with van der Waals surface area (Å²) in [4.78, 5) is 2.30. The van der Waals surface area contributed by atoms with Gasteiger partial charge in [-0.1, -0.05) is 0 Å². The van der Waals surface area contributed by atoms with Gasteiger partial charge in [-0.15, -0.1) is 10.2 Å². The summed E-state index contributed by atoms with van der Waals surface area (Å²) in [6.07, 6.45) is 2.54. The molecule has 3 nitrogen and oxygen atoms in total. The summed E-state index contributed by atoms with van der Waals surface area (Å²) in [7, 11) is 0. The van der Waals surface area contributed by atoms with Gasteiger partial charge in [0.05, 0.1) is 5.69 Å². The minimum Gasteiger partial charge on any atom is -0.355 e. The lowest BCUT2D eigenvalue weighted by Gasteiger charge is -2.15. The van der Waals surface area contributed by atoms with Crippen LogP contribution < -0.4 is 4.90 Å². The van der Waals surface area contributed by atoms with Crippen LogP contribution in [0.5, 0.6) is 0 Å². The van der Waals surface area contributed by atoms with Gasteiger partial charge in [0.1, 0.15) is 0 Å². The Morgan fingerprint density at radius 3 is 2.56 bits per heavy atom. The molecule has 0 bridgehead atoms. The quantitative estimate of drug-likeness (QED) is 0.796. The van der Waals surface area contributed by atoms with E-state index in [4.69, 9.17) is 0 Å². The SMILES string of the molecule is c1cc(-c2ccc(N3CCCC3)nn2)cs1. The summed E-state index contributed by atoms with van der Waals surface area (Å²) in [5.41, 5.74) is 2.12. The number of hydrogen-bond acceptors (Lipinski definition) is 4. The predicted molar refractivity (Wildman–Crippen MR) is 66.8 cm³/mol. The van der Waals surface area contributed by atoms with Gasteiger partial charge in [-0.3, -0.25) is 0 Å². The summed E-state index contributed by atoms with van der Waals surface area (Å²) in [6, 6.07) is 6.21. The van der Waals surface area contributed by atoms with Gasteiger partial charge in [-0.05, 0) is 36.4 Å². The van der Waals surface area contributed by atoms with Gasteiger partial charge in [0.15, 0.2) is 5.82 Å². The number of thiophene rings is 1. The number of anilines is 1. The van der Waals surface area contributed by atoms with Crippen LogP contribution in [-0.4, -0.2) is 23.3 Å². The van der Waals surface area contributed by atoms with Crippen molar-refractivity contribution in [2.75, 3.05) is 18.0 Å². The van der Waals surface area contributed by atoms with Crippen molar-refractivity contribution in [3.8, 4) is 11.3 Å². The number of hydrogen-bond donors (Lipinski definition) is 0. The van der Waals surface area contributed by atoms with E-state index < -0.39 is 0 Å². The highest BCUT2D eigenvalue weighted by atomic mass is 32.1. The first-order valence-electron chi connectivity index (χ1n) is 5.55. The second kappa shape index (κ2) is 4.22. The first-order chi connectivity index (χ1) is 7.93. The molecule has 0 unspecified atom stereocenters. The summed E-state index contributed by atoms with van der Waals surface area (Å²) in [5, 5.41) is 12.7. The van der Waals surface area contributed by atoms with Crippen molar-refractivity contribution in [2.24, 2.45) is 0 Å². The standard InChI is InChI=1S/C12H13N3S/c1-2-7-15(6-1)12-4-3-11(13-14-12)10-5-8-16-9-10/h3-5,8-9H,1-2,6-7H2. The van der Waals surface area contributed by atoms with E-state index in [1.54, 1.807) is 11.3 Å². The maximum atomic E-state index is 4.30. The first-order valence-corrected chi connectivity index (χ1v) is 6.49. The third-order valence-corrected chi connectivity index (χ3v) is 3.58. The van der Waals surface area contributed by atoms with Crippen LogP contribution in [0, 0.1) is 0 Å². The molecule has 3 heterocycles. The van der Waals surface area contributed by atoms with E-state index >= 15 is 0 Å². The van der Waals surface area contributed by atoms with Gasteiger partial charge in [0, 0.05) is 24.0 Å². The van der Waals surface area contributed by atoms with Gasteiger partial charge >= 0.3 is 0 Å². The Morgan fingerprint density at radius 1 is 1.06 bits per heavy atom. The number of rotatable bonds is 2. The van der Waals surface area contributed by atoms with Crippen LogP contribution in [-0.2, 0) is 0 Å². The maximum absolute atomic E-state index is 4.30. The molecular formula is C12H13N3S. The molecular weight excluding hydrogens is 218 g/mol. The molecule has 2 aromatic rings. The van der Waals surface area contributed by atoms with Crippen LogP contribution in [0.2, 0.25) is 0 Å². The maximum Gasteiger partial charge on any atom is 0.151 e. The molecule has 3 rings (SSSR count). The van der Waals surface area contributed by atoms with Crippen molar-refractivity contribution in [3.63, 3.8) is 0 Å². The number of nitrogens with zero attached hydrogens (tertiary/aromatic N) is 3. The highest BCUT2D eigenvalue weighted by Gasteiger charge is 2.13. The zero-order valence-corrected chi connectivity index (χ0v) is 9.78. The van der Waals surface area contributed by atoms with E-state index in [0.29, 0.717) is 0 Å². The van der Waals surface area contributed by atoms with Gasteiger partial charge in [0.2, 0.25) is 0 Å². The highest BCUT2D eigenvalue weighted by Crippen LogP contribution is 2.22. The van der Waals surface area contributed by atoms with Gasteiger partial charge < -0.3 is 4.90 Å². The fourth-order valence-electron chi connectivity index (χ4n) is 2.00. The van der Waals surface area contributed by atoms with Crippen molar-refractivity contribution in [2.45, 2.75) is 12.8 Å². The second-order valence-electron chi connectivity index (χ2n) is 3.98. The van der Waals surface area contributed by atoms with Crippen molar-refractivity contribution >= 4 is 17.2 Å². The second-order valence-corrected chi connectivity index (χ2v) is 4.76. The topological polar surface area (TPSA) is 29.0 Å². The largest absolute Gasteiger partial charge is 0.355 e. The Bertz CT molecular complexity index is 444. The Morgan fingerprint density at radius 2 is 1.94 bits per heavy atom. The van der Waals surface area contributed by atoms with E-state index in [2.05, 4.69) is 44.1 Å². The van der Waals surface area contributed by atoms with Crippen molar-refractivity contribution < 1.29 is 0 Å². The lowest BCUT2D eigenvalue weighted by atomic mass is 10.2. The van der Waals surface area contributed by atoms with E-state index in [1.807, 2.05) is 0 Å². The molecule has 1 aliphatic rings. The van der Waals surface area contributed by atoms with E-state index in [-0.39, 0.29) is 0 Å². The average molecular weight is 231 g/mol. The van der Waals surface area contributed by atoms with Crippen molar-refractivity contribution in [1.82, 2.24) is 10.2 Å². The molecule has 0 aliphatic carbocycles. The minimum absolute atomic E-state index is 0.962. The third-order valence-electron chi connectivity index (χ3n) is 2.90. The summed E-state index contributed by atoms with van der Waals surface area (Å²) >= 11 is 1.69. The Balaban J connectivity index is 1.84. The molecule has 0 spiro atoms. The molecule has 0 saturated carbocycles. The molecule has 1 fully saturated rings. The van der Waals surface area contributed by atoms with Gasteiger partial charge in [-0.25, -0.2) is 0 Å². The van der Waals surface area contributed by atoms with E-state index in [1.165, 1.54) is 12.8 Å². The minimum atomic E-state index is 0.962. The van der Waals surface area contributed by atoms with Crippen molar-refractivity contribution in [1.29, 1.82) is 0 Å². The fraction of sp³-hybridized carbons (Fsp3) is 0.333. The number of aromatic nitrogens is 2. The Labute approximate surface area is 98.8 Å². The molecule has 0 atom stereocenters. The van der Waals surface area contributed by atoms with Crippen LogP contribution in [0.1, 0.15) is 12.8 Å². The fourth-order valence-corrected chi connectivity index (χ4v) is 2.65. The van der Waals surface area contributed by atoms with Crippen molar-refractivity contribution in [3.05, 3.63) is 29.0 Å². The lowest BCUT2D eigenvalue weighted by Crippen LogP contribution is -2.19. The molecule has 1 saturated heterocycles. The molecule has 16 heavy (non-hydrogen) atoms. The summed E-state index contributed by atoms with van der Waals surface area (Å²) in [6.45, 7) is 2.24. The summed E-state index contributed by atoms with van der Waals surface area (Å²) < 4.78 is 0. The smallest absolute Gasteiger partial charge is 0.151 e. The first kappa shape index (κ1) is 9.78. The van der Waals surface area contributed by atoms with Crippen LogP contribution >= 0.6 is 11.3 Å². The summed E-state index contributed by atoms with van der Waals surface area (Å²) in [5.74, 6) is 1.01. The molecule has 1 aliphatic heterocycles. The van der Waals surface area contributed by atoms with Crippen LogP contribution in [0.3, 0.4) is 0 Å². The van der Waals surface area contributed by atoms with Crippen LogP contribution in [0.25, 0.3) is 11.3 Å². The molecule has 0 aromatic carbocycles. The normalized spacial score (nSPS) is 15.6. The lowest BCUT2D eigenvalue weighted by molar-refractivity contribution is 0.896. The van der Waals surface area contributed by atoms with Crippen LogP contribution in [0.4, 0.5) is 5.82 Å². The van der Waals surface area contributed by atoms with Crippen LogP contribution in [0.15, 0.2) is 29.0 Å². The molecule has 0 radical (unpaired) electrons. The van der Waals surface area contributed by atoms with E-state index in [0.717, 1.165) is 30.2 Å². The van der Waals surface area contributed by atoms with Gasteiger partial charge in [-0.2, -0.15) is 11.3 Å². The predicted octanol–water partition coefficient (Wildman–Crippen LogP) is 2.81. The zero-order valence-electron chi connectivity index (χ0n) is 8.97. The van der Waals surface area contributed by atoms with E-state index in [9.17, 15) is 0 Å².